The van der Waals surface area contributed by atoms with E-state index < -0.39 is 28.5 Å². The molecule has 0 spiro atoms. The molecule has 3 aliphatic rings. The Kier molecular flexibility index (Phi) is 5.67. The molecule has 0 bridgehead atoms. The fourth-order valence-electron chi connectivity index (χ4n) is 4.32. The smallest absolute Gasteiger partial charge is 0.351 e. The van der Waals surface area contributed by atoms with Crippen molar-refractivity contribution >= 4 is 21.7 Å². The normalized spacial score (nSPS) is 25.5. The van der Waals surface area contributed by atoms with Crippen molar-refractivity contribution in [1.29, 1.82) is 0 Å². The number of para-hydroxylation sites is 2. The lowest BCUT2D eigenvalue weighted by molar-refractivity contribution is -0.161. The summed E-state index contributed by atoms with van der Waals surface area (Å²) in [6, 6.07) is 6.70. The number of rotatable bonds is 5. The molecule has 0 N–H and O–H groups in total. The van der Waals surface area contributed by atoms with Crippen LogP contribution in [0, 0.1) is 0 Å². The van der Waals surface area contributed by atoms with E-state index in [1.807, 2.05) is 0 Å². The van der Waals surface area contributed by atoms with E-state index in [4.69, 9.17) is 14.2 Å². The maximum Gasteiger partial charge on any atom is 0.351 e. The second-order valence-corrected chi connectivity index (χ2v) is 10.00. The summed E-state index contributed by atoms with van der Waals surface area (Å²) in [6.45, 7) is -0.412. The highest BCUT2D eigenvalue weighted by Gasteiger charge is 2.39. The zero-order valence-electron chi connectivity index (χ0n) is 16.1. The molecule has 0 unspecified atom stereocenters. The fraction of sp³-hybridized carbons (Fsp3) is 0.600. The molecule has 8 nitrogen and oxygen atoms in total. The average molecular weight is 423 g/mol. The van der Waals surface area contributed by atoms with Crippen LogP contribution in [0.3, 0.4) is 0 Å². The Labute approximate surface area is 170 Å². The topological polar surface area (TPSA) is 99.2 Å². The third-order valence-electron chi connectivity index (χ3n) is 5.72. The summed E-state index contributed by atoms with van der Waals surface area (Å²) >= 11 is 0. The van der Waals surface area contributed by atoms with E-state index in [1.165, 1.54) is 0 Å². The summed E-state index contributed by atoms with van der Waals surface area (Å²) in [5.74, 6) is 0.0844. The number of esters is 1. The van der Waals surface area contributed by atoms with Gasteiger partial charge in [-0.05, 0) is 31.4 Å². The van der Waals surface area contributed by atoms with Gasteiger partial charge in [-0.3, -0.25) is 4.79 Å². The molecule has 9 heteroatoms. The SMILES string of the molecule is O=C(OCC(=O)N(C1CCCC1)[C@@H]1CCS(=O)(=O)C1)[C@@H]1COc2ccccc2O1. The number of nitrogens with zero attached hydrogens (tertiary/aromatic N) is 1. The van der Waals surface area contributed by atoms with Gasteiger partial charge >= 0.3 is 5.97 Å². The van der Waals surface area contributed by atoms with E-state index in [2.05, 4.69) is 0 Å². The summed E-state index contributed by atoms with van der Waals surface area (Å²) in [5.41, 5.74) is 0. The lowest BCUT2D eigenvalue weighted by Crippen LogP contribution is -2.49. The molecule has 2 fully saturated rings. The van der Waals surface area contributed by atoms with Gasteiger partial charge in [-0.2, -0.15) is 0 Å². The lowest BCUT2D eigenvalue weighted by atomic mass is 10.1. The molecule has 1 saturated carbocycles. The van der Waals surface area contributed by atoms with Crippen LogP contribution in [0.15, 0.2) is 24.3 Å². The number of hydrogen-bond donors (Lipinski definition) is 0. The van der Waals surface area contributed by atoms with Crippen molar-refractivity contribution in [3.05, 3.63) is 24.3 Å². The summed E-state index contributed by atoms with van der Waals surface area (Å²) in [6.07, 6.45) is 3.24. The van der Waals surface area contributed by atoms with E-state index in [0.29, 0.717) is 17.9 Å². The number of sulfone groups is 1. The molecule has 29 heavy (non-hydrogen) atoms. The van der Waals surface area contributed by atoms with Crippen LogP contribution in [0.5, 0.6) is 11.5 Å². The van der Waals surface area contributed by atoms with Gasteiger partial charge in [-0.15, -0.1) is 0 Å². The molecule has 1 saturated heterocycles. The number of fused-ring (bicyclic) bond motifs is 1. The van der Waals surface area contributed by atoms with E-state index in [1.54, 1.807) is 29.2 Å². The average Bonchev–Trinajstić information content (AvgIpc) is 3.36. The first-order valence-corrected chi connectivity index (χ1v) is 11.8. The van der Waals surface area contributed by atoms with Gasteiger partial charge in [0.1, 0.15) is 6.61 Å². The van der Waals surface area contributed by atoms with E-state index in [-0.39, 0.29) is 36.1 Å². The highest BCUT2D eigenvalue weighted by atomic mass is 32.2. The summed E-state index contributed by atoms with van der Waals surface area (Å²) in [7, 11) is -3.12. The maximum absolute atomic E-state index is 12.9. The number of amides is 1. The highest BCUT2D eigenvalue weighted by Crippen LogP contribution is 2.31. The second kappa shape index (κ2) is 8.22. The van der Waals surface area contributed by atoms with Crippen LogP contribution < -0.4 is 9.47 Å². The Morgan fingerprint density at radius 2 is 1.79 bits per heavy atom. The van der Waals surface area contributed by atoms with Crippen LogP contribution in [0.4, 0.5) is 0 Å². The van der Waals surface area contributed by atoms with Crippen LogP contribution in [-0.2, 0) is 24.2 Å². The minimum Gasteiger partial charge on any atom is -0.485 e. The first-order valence-electron chi connectivity index (χ1n) is 10.00. The van der Waals surface area contributed by atoms with E-state index in [9.17, 15) is 18.0 Å². The van der Waals surface area contributed by atoms with Gasteiger partial charge < -0.3 is 19.1 Å². The van der Waals surface area contributed by atoms with Crippen molar-refractivity contribution in [2.45, 2.75) is 50.3 Å². The van der Waals surface area contributed by atoms with Gasteiger partial charge in [0.2, 0.25) is 6.10 Å². The predicted molar refractivity (Wildman–Crippen MR) is 103 cm³/mol. The van der Waals surface area contributed by atoms with Crippen LogP contribution in [0.2, 0.25) is 0 Å². The molecule has 2 aliphatic heterocycles. The van der Waals surface area contributed by atoms with Gasteiger partial charge in [-0.25, -0.2) is 13.2 Å². The fourth-order valence-corrected chi connectivity index (χ4v) is 6.03. The highest BCUT2D eigenvalue weighted by molar-refractivity contribution is 7.91. The van der Waals surface area contributed by atoms with Gasteiger partial charge in [-0.1, -0.05) is 25.0 Å². The second-order valence-electron chi connectivity index (χ2n) is 7.77. The number of ether oxygens (including phenoxy) is 3. The summed E-state index contributed by atoms with van der Waals surface area (Å²) < 4.78 is 40.1. The molecule has 2 atom stereocenters. The maximum atomic E-state index is 12.9. The Hall–Kier alpha value is -2.29. The Balaban J connectivity index is 1.37. The molecule has 4 rings (SSSR count). The minimum absolute atomic E-state index is 0.0112. The first kappa shape index (κ1) is 20.0. The molecule has 158 valence electrons. The summed E-state index contributed by atoms with van der Waals surface area (Å²) in [5, 5.41) is 0. The van der Waals surface area contributed by atoms with Gasteiger partial charge in [0.05, 0.1) is 11.5 Å². The molecule has 0 radical (unpaired) electrons. The molecule has 1 amide bonds. The van der Waals surface area contributed by atoms with Crippen molar-refractivity contribution in [3.8, 4) is 11.5 Å². The molecule has 0 aromatic heterocycles. The first-order chi connectivity index (χ1) is 13.9. The predicted octanol–water partition coefficient (Wildman–Crippen LogP) is 1.33. The van der Waals surface area contributed by atoms with E-state index in [0.717, 1.165) is 25.7 Å². The van der Waals surface area contributed by atoms with Crippen LogP contribution >= 0.6 is 0 Å². The molecule has 2 heterocycles. The largest absolute Gasteiger partial charge is 0.485 e. The Morgan fingerprint density at radius 1 is 1.07 bits per heavy atom. The van der Waals surface area contributed by atoms with Crippen molar-refractivity contribution in [2.24, 2.45) is 0 Å². The van der Waals surface area contributed by atoms with Gasteiger partial charge in [0, 0.05) is 12.1 Å². The monoisotopic (exact) mass is 423 g/mol. The Morgan fingerprint density at radius 3 is 2.48 bits per heavy atom. The van der Waals surface area contributed by atoms with Crippen molar-refractivity contribution < 1.29 is 32.2 Å². The number of carbonyl (C=O) groups excluding carboxylic acids is 2. The quantitative estimate of drug-likeness (QED) is 0.659. The van der Waals surface area contributed by atoms with Crippen LogP contribution in [0.25, 0.3) is 0 Å². The zero-order valence-corrected chi connectivity index (χ0v) is 16.9. The van der Waals surface area contributed by atoms with Gasteiger partial charge in [0.15, 0.2) is 27.9 Å². The van der Waals surface area contributed by atoms with Crippen LogP contribution in [-0.4, -0.2) is 68.1 Å². The molecular weight excluding hydrogens is 398 g/mol. The third-order valence-corrected chi connectivity index (χ3v) is 7.47. The lowest BCUT2D eigenvalue weighted by Gasteiger charge is -2.34. The minimum atomic E-state index is -3.12. The van der Waals surface area contributed by atoms with Crippen molar-refractivity contribution in [2.75, 3.05) is 24.7 Å². The molecule has 1 aromatic carbocycles. The molecular formula is C20H25NO7S. The summed E-state index contributed by atoms with van der Waals surface area (Å²) in [4.78, 5) is 26.9. The van der Waals surface area contributed by atoms with E-state index >= 15 is 0 Å². The zero-order chi connectivity index (χ0) is 20.4. The molecule has 1 aromatic rings. The van der Waals surface area contributed by atoms with Crippen molar-refractivity contribution in [3.63, 3.8) is 0 Å². The number of benzene rings is 1. The number of hydrogen-bond acceptors (Lipinski definition) is 7. The third kappa shape index (κ3) is 4.49. The molecule has 1 aliphatic carbocycles. The van der Waals surface area contributed by atoms with Gasteiger partial charge in [0.25, 0.3) is 5.91 Å². The Bertz CT molecular complexity index is 879. The van der Waals surface area contributed by atoms with Crippen LogP contribution in [0.1, 0.15) is 32.1 Å². The number of carbonyl (C=O) groups is 2. The van der Waals surface area contributed by atoms with Crippen molar-refractivity contribution in [1.82, 2.24) is 4.90 Å². The standard InChI is InChI=1S/C20H25NO7S/c22-19(21(14-5-1-2-6-14)15-9-10-29(24,25)13-15)12-27-20(23)18-11-26-16-7-3-4-8-17(16)28-18/h3-4,7-8,14-15,18H,1-2,5-6,9-13H2/t15-,18+/m1/s1.